The second-order valence-electron chi connectivity index (χ2n) is 6.96. The first-order valence-corrected chi connectivity index (χ1v) is 11.1. The first kappa shape index (κ1) is 20.8. The van der Waals surface area contributed by atoms with E-state index in [9.17, 15) is 13.5 Å². The third-order valence-electron chi connectivity index (χ3n) is 4.87. The quantitative estimate of drug-likeness (QED) is 0.454. The number of methoxy groups -OCH3 is 1. The summed E-state index contributed by atoms with van der Waals surface area (Å²) < 4.78 is 34.7. The summed E-state index contributed by atoms with van der Waals surface area (Å²) >= 11 is 0. The highest BCUT2D eigenvalue weighted by atomic mass is 32.2. The monoisotopic (exact) mass is 438 g/mol. The Morgan fingerprint density at radius 1 is 1.00 bits per heavy atom. The number of ether oxygens (including phenoxy) is 1. The molecule has 4 rings (SSSR count). The van der Waals surface area contributed by atoms with Gasteiger partial charge in [-0.1, -0.05) is 35.5 Å². The summed E-state index contributed by atoms with van der Waals surface area (Å²) in [6.45, 7) is -0.0603. The molecule has 0 fully saturated rings. The lowest BCUT2D eigenvalue weighted by atomic mass is 10.2. The van der Waals surface area contributed by atoms with Crippen LogP contribution in [0.3, 0.4) is 0 Å². The molecule has 9 heteroatoms. The van der Waals surface area contributed by atoms with Crippen molar-refractivity contribution in [2.45, 2.75) is 17.5 Å². The van der Waals surface area contributed by atoms with Crippen molar-refractivity contribution in [2.75, 3.05) is 18.0 Å². The van der Waals surface area contributed by atoms with Gasteiger partial charge in [0.2, 0.25) is 0 Å². The molecular formula is C22H22N4O4S. The molecular weight excluding hydrogens is 416 g/mol. The number of aliphatic hydroxyl groups is 1. The Kier molecular flexibility index (Phi) is 5.88. The van der Waals surface area contributed by atoms with Gasteiger partial charge in [0.15, 0.2) is 0 Å². The highest BCUT2D eigenvalue weighted by Gasteiger charge is 2.27. The van der Waals surface area contributed by atoms with Crippen molar-refractivity contribution in [2.24, 2.45) is 0 Å². The van der Waals surface area contributed by atoms with Crippen molar-refractivity contribution in [1.29, 1.82) is 0 Å². The number of nitrogens with zero attached hydrogens (tertiary/aromatic N) is 4. The van der Waals surface area contributed by atoms with E-state index in [1.807, 2.05) is 24.3 Å². The molecule has 0 saturated carbocycles. The molecule has 0 aliphatic rings. The van der Waals surface area contributed by atoms with Crippen LogP contribution in [-0.2, 0) is 16.6 Å². The maximum absolute atomic E-state index is 13.4. The fourth-order valence-electron chi connectivity index (χ4n) is 3.31. The lowest BCUT2D eigenvalue weighted by molar-refractivity contribution is 0.159. The van der Waals surface area contributed by atoms with Crippen LogP contribution in [0.2, 0.25) is 0 Å². The number of benzene rings is 3. The Bertz CT molecular complexity index is 1260. The van der Waals surface area contributed by atoms with E-state index >= 15 is 0 Å². The second kappa shape index (κ2) is 8.75. The summed E-state index contributed by atoms with van der Waals surface area (Å²) in [5, 5.41) is 19.0. The molecule has 0 aliphatic carbocycles. The summed E-state index contributed by atoms with van der Waals surface area (Å²) in [6, 6.07) is 22.2. The van der Waals surface area contributed by atoms with Crippen LogP contribution in [-0.4, -0.2) is 48.3 Å². The van der Waals surface area contributed by atoms with Gasteiger partial charge in [0.05, 0.1) is 42.4 Å². The number of para-hydroxylation sites is 1. The van der Waals surface area contributed by atoms with Crippen LogP contribution in [0.4, 0.5) is 5.69 Å². The van der Waals surface area contributed by atoms with Crippen LogP contribution < -0.4 is 9.04 Å². The summed E-state index contributed by atoms with van der Waals surface area (Å²) in [5.41, 5.74) is 1.90. The van der Waals surface area contributed by atoms with Crippen molar-refractivity contribution >= 4 is 26.7 Å². The van der Waals surface area contributed by atoms with E-state index in [-0.39, 0.29) is 18.0 Å². The van der Waals surface area contributed by atoms with E-state index in [1.165, 1.54) is 16.4 Å². The van der Waals surface area contributed by atoms with Gasteiger partial charge in [0, 0.05) is 0 Å². The standard InChI is InChI=1S/C22H22N4O4S/c1-30-19-13-11-17(12-14-19)26(31(28,29)20-7-3-2-4-8-20)16-18(27)15-25-22-10-6-5-9-21(22)23-24-25/h2-14,18,27H,15-16H2,1H3/t18-/m1/s1. The van der Waals surface area contributed by atoms with Crippen LogP contribution in [0.15, 0.2) is 83.8 Å². The predicted octanol–water partition coefficient (Wildman–Crippen LogP) is 2.70. The van der Waals surface area contributed by atoms with Gasteiger partial charge in [0.1, 0.15) is 11.3 Å². The number of aliphatic hydroxyl groups excluding tert-OH is 1. The molecule has 160 valence electrons. The highest BCUT2D eigenvalue weighted by molar-refractivity contribution is 7.92. The molecule has 0 unspecified atom stereocenters. The Morgan fingerprint density at radius 2 is 1.68 bits per heavy atom. The zero-order chi connectivity index (χ0) is 21.8. The lowest BCUT2D eigenvalue weighted by Gasteiger charge is -2.27. The minimum atomic E-state index is -3.90. The first-order valence-electron chi connectivity index (χ1n) is 9.67. The van der Waals surface area contributed by atoms with E-state index in [1.54, 1.807) is 54.3 Å². The van der Waals surface area contributed by atoms with E-state index in [4.69, 9.17) is 4.74 Å². The predicted molar refractivity (Wildman–Crippen MR) is 118 cm³/mol. The SMILES string of the molecule is COc1ccc(N(C[C@H](O)Cn2nnc3ccccc32)S(=O)(=O)c2ccccc2)cc1. The van der Waals surface area contributed by atoms with Crippen molar-refractivity contribution in [3.8, 4) is 5.75 Å². The van der Waals surface area contributed by atoms with E-state index in [0.717, 1.165) is 5.52 Å². The number of hydrogen-bond donors (Lipinski definition) is 1. The summed E-state index contributed by atoms with van der Waals surface area (Å²) in [7, 11) is -2.36. The molecule has 0 saturated heterocycles. The van der Waals surface area contributed by atoms with Crippen LogP contribution in [0.1, 0.15) is 0 Å². The average molecular weight is 439 g/mol. The number of sulfonamides is 1. The molecule has 0 amide bonds. The summed E-state index contributed by atoms with van der Waals surface area (Å²) in [4.78, 5) is 0.143. The Morgan fingerprint density at radius 3 is 2.39 bits per heavy atom. The number of hydrogen-bond acceptors (Lipinski definition) is 6. The molecule has 3 aromatic carbocycles. The summed E-state index contributed by atoms with van der Waals surface area (Å²) in [6.07, 6.45) is -1.02. The van der Waals surface area contributed by atoms with Gasteiger partial charge < -0.3 is 9.84 Å². The molecule has 0 spiro atoms. The zero-order valence-electron chi connectivity index (χ0n) is 16.9. The van der Waals surface area contributed by atoms with Gasteiger partial charge in [-0.15, -0.1) is 5.10 Å². The zero-order valence-corrected chi connectivity index (χ0v) is 17.7. The maximum Gasteiger partial charge on any atom is 0.264 e. The van der Waals surface area contributed by atoms with E-state index in [2.05, 4.69) is 10.3 Å². The van der Waals surface area contributed by atoms with Gasteiger partial charge >= 0.3 is 0 Å². The smallest absolute Gasteiger partial charge is 0.264 e. The van der Waals surface area contributed by atoms with Gasteiger partial charge in [-0.25, -0.2) is 13.1 Å². The maximum atomic E-state index is 13.4. The van der Waals surface area contributed by atoms with Gasteiger partial charge in [-0.2, -0.15) is 0 Å². The molecule has 1 atom stereocenters. The largest absolute Gasteiger partial charge is 0.497 e. The molecule has 0 radical (unpaired) electrons. The van der Waals surface area contributed by atoms with Gasteiger partial charge in [0.25, 0.3) is 10.0 Å². The normalized spacial score (nSPS) is 12.6. The Hall–Kier alpha value is -3.43. The number of aromatic nitrogens is 3. The number of rotatable bonds is 8. The van der Waals surface area contributed by atoms with Crippen molar-refractivity contribution in [1.82, 2.24) is 15.0 Å². The molecule has 1 heterocycles. The molecule has 31 heavy (non-hydrogen) atoms. The fraction of sp³-hybridized carbons (Fsp3) is 0.182. The van der Waals surface area contributed by atoms with Gasteiger partial charge in [-0.05, 0) is 48.5 Å². The van der Waals surface area contributed by atoms with Crippen molar-refractivity contribution < 1.29 is 18.3 Å². The Labute approximate surface area is 180 Å². The number of fused-ring (bicyclic) bond motifs is 1. The average Bonchev–Trinajstić information content (AvgIpc) is 3.21. The lowest BCUT2D eigenvalue weighted by Crippen LogP contribution is -2.39. The third kappa shape index (κ3) is 4.37. The highest BCUT2D eigenvalue weighted by Crippen LogP contribution is 2.26. The molecule has 1 aromatic heterocycles. The van der Waals surface area contributed by atoms with Crippen LogP contribution in [0.5, 0.6) is 5.75 Å². The minimum Gasteiger partial charge on any atom is -0.497 e. The van der Waals surface area contributed by atoms with Crippen molar-refractivity contribution in [3.05, 3.63) is 78.9 Å². The van der Waals surface area contributed by atoms with E-state index in [0.29, 0.717) is 17.0 Å². The first-order chi connectivity index (χ1) is 15.0. The number of anilines is 1. The topological polar surface area (TPSA) is 97.6 Å². The Balaban J connectivity index is 1.65. The van der Waals surface area contributed by atoms with Crippen LogP contribution >= 0.6 is 0 Å². The molecule has 1 N–H and O–H groups in total. The van der Waals surface area contributed by atoms with E-state index < -0.39 is 16.1 Å². The molecule has 4 aromatic rings. The summed E-state index contributed by atoms with van der Waals surface area (Å²) in [5.74, 6) is 0.607. The van der Waals surface area contributed by atoms with Gasteiger partial charge in [-0.3, -0.25) is 4.31 Å². The van der Waals surface area contributed by atoms with Crippen LogP contribution in [0.25, 0.3) is 11.0 Å². The molecule has 8 nitrogen and oxygen atoms in total. The van der Waals surface area contributed by atoms with Crippen molar-refractivity contribution in [3.63, 3.8) is 0 Å². The fourth-order valence-corrected chi connectivity index (χ4v) is 4.83. The van der Waals surface area contributed by atoms with Crippen LogP contribution in [0, 0.1) is 0 Å². The second-order valence-corrected chi connectivity index (χ2v) is 8.82. The molecule has 0 aliphatic heterocycles. The molecule has 0 bridgehead atoms. The third-order valence-corrected chi connectivity index (χ3v) is 6.68. The minimum absolute atomic E-state index is 0.0947.